The zero-order valence-electron chi connectivity index (χ0n) is 14.7. The number of rotatable bonds is 6. The first-order chi connectivity index (χ1) is 12.0. The molecule has 1 atom stereocenters. The average molecular weight is 404 g/mol. The smallest absolute Gasteiger partial charge is 0.232 e. The maximum atomic E-state index is 12.4. The molecular weight excluding hydrogens is 382 g/mol. The first kappa shape index (κ1) is 17.8. The van der Waals surface area contributed by atoms with E-state index in [-0.39, 0.29) is 11.8 Å². The van der Waals surface area contributed by atoms with Crippen molar-refractivity contribution in [3.63, 3.8) is 0 Å². The lowest BCUT2D eigenvalue weighted by Gasteiger charge is -2.16. The van der Waals surface area contributed by atoms with Crippen LogP contribution in [0.15, 0.2) is 34.8 Å². The Kier molecular flexibility index (Phi) is 5.33. The number of hydrogen-bond acceptors (Lipinski definition) is 3. The van der Waals surface area contributed by atoms with E-state index in [9.17, 15) is 4.79 Å². The van der Waals surface area contributed by atoms with Crippen LogP contribution in [0.5, 0.6) is 11.5 Å². The molecule has 132 valence electrons. The SMILES string of the molecule is CCOc1cc(C[C@H]2C(=O)Nc3ccc(C)cc32)cc(Br)c1OCC. The zero-order valence-corrected chi connectivity index (χ0v) is 16.3. The molecule has 1 amide bonds. The van der Waals surface area contributed by atoms with Crippen LogP contribution >= 0.6 is 15.9 Å². The summed E-state index contributed by atoms with van der Waals surface area (Å²) >= 11 is 3.57. The van der Waals surface area contributed by atoms with Gasteiger partial charge in [-0.25, -0.2) is 0 Å². The summed E-state index contributed by atoms with van der Waals surface area (Å²) in [6, 6.07) is 10.1. The van der Waals surface area contributed by atoms with Gasteiger partial charge in [-0.2, -0.15) is 0 Å². The van der Waals surface area contributed by atoms with Crippen molar-refractivity contribution in [3.8, 4) is 11.5 Å². The third-order valence-corrected chi connectivity index (χ3v) is 4.84. The van der Waals surface area contributed by atoms with E-state index in [4.69, 9.17) is 9.47 Å². The van der Waals surface area contributed by atoms with Crippen LogP contribution in [0.25, 0.3) is 0 Å². The topological polar surface area (TPSA) is 47.6 Å². The van der Waals surface area contributed by atoms with Crippen LogP contribution in [-0.2, 0) is 11.2 Å². The largest absolute Gasteiger partial charge is 0.490 e. The number of fused-ring (bicyclic) bond motifs is 1. The van der Waals surface area contributed by atoms with Crippen molar-refractivity contribution in [1.82, 2.24) is 0 Å². The van der Waals surface area contributed by atoms with E-state index >= 15 is 0 Å². The van der Waals surface area contributed by atoms with E-state index < -0.39 is 0 Å². The van der Waals surface area contributed by atoms with Gasteiger partial charge >= 0.3 is 0 Å². The highest BCUT2D eigenvalue weighted by Crippen LogP contribution is 2.40. The third kappa shape index (κ3) is 3.66. The zero-order chi connectivity index (χ0) is 18.0. The van der Waals surface area contributed by atoms with Crippen LogP contribution in [0.2, 0.25) is 0 Å². The molecular formula is C20H22BrNO3. The number of carbonyl (C=O) groups excluding carboxylic acids is 1. The average Bonchev–Trinajstić information content (AvgIpc) is 2.86. The van der Waals surface area contributed by atoms with Crippen molar-refractivity contribution < 1.29 is 14.3 Å². The van der Waals surface area contributed by atoms with E-state index in [1.807, 2.05) is 45.0 Å². The number of nitrogens with one attached hydrogen (secondary N) is 1. The lowest BCUT2D eigenvalue weighted by molar-refractivity contribution is -0.117. The predicted molar refractivity (Wildman–Crippen MR) is 103 cm³/mol. The highest BCUT2D eigenvalue weighted by Gasteiger charge is 2.31. The van der Waals surface area contributed by atoms with Crippen LogP contribution in [0.3, 0.4) is 0 Å². The minimum Gasteiger partial charge on any atom is -0.490 e. The molecule has 0 spiro atoms. The molecule has 25 heavy (non-hydrogen) atoms. The van der Waals surface area contributed by atoms with Crippen LogP contribution in [-0.4, -0.2) is 19.1 Å². The maximum absolute atomic E-state index is 12.4. The van der Waals surface area contributed by atoms with Crippen molar-refractivity contribution in [3.05, 3.63) is 51.5 Å². The second-order valence-electron chi connectivity index (χ2n) is 6.11. The number of hydrogen-bond donors (Lipinski definition) is 1. The summed E-state index contributed by atoms with van der Waals surface area (Å²) in [6.07, 6.45) is 0.618. The van der Waals surface area contributed by atoms with Crippen LogP contribution < -0.4 is 14.8 Å². The van der Waals surface area contributed by atoms with Gasteiger partial charge < -0.3 is 14.8 Å². The minimum atomic E-state index is -0.186. The second-order valence-corrected chi connectivity index (χ2v) is 6.96. The number of anilines is 1. The van der Waals surface area contributed by atoms with Gasteiger partial charge in [0.2, 0.25) is 5.91 Å². The van der Waals surface area contributed by atoms with E-state index in [0.717, 1.165) is 26.9 Å². The van der Waals surface area contributed by atoms with E-state index in [1.54, 1.807) is 0 Å². The lowest BCUT2D eigenvalue weighted by Crippen LogP contribution is -2.14. The molecule has 0 aliphatic carbocycles. The summed E-state index contributed by atoms with van der Waals surface area (Å²) in [4.78, 5) is 12.4. The van der Waals surface area contributed by atoms with Gasteiger partial charge in [0.1, 0.15) is 0 Å². The number of amides is 1. The molecule has 3 rings (SSSR count). The molecule has 1 heterocycles. The van der Waals surface area contributed by atoms with Gasteiger partial charge in [0.05, 0.1) is 23.6 Å². The fourth-order valence-corrected chi connectivity index (χ4v) is 3.77. The van der Waals surface area contributed by atoms with Gasteiger partial charge in [-0.05, 0) is 72.4 Å². The summed E-state index contributed by atoms with van der Waals surface area (Å²) < 4.78 is 12.3. The number of ether oxygens (including phenoxy) is 2. The highest BCUT2D eigenvalue weighted by atomic mass is 79.9. The van der Waals surface area contributed by atoms with Gasteiger partial charge in [-0.3, -0.25) is 4.79 Å². The molecule has 2 aromatic rings. The highest BCUT2D eigenvalue weighted by molar-refractivity contribution is 9.10. The molecule has 0 fully saturated rings. The molecule has 2 aromatic carbocycles. The number of aryl methyl sites for hydroxylation is 1. The second kappa shape index (κ2) is 7.48. The fraction of sp³-hybridized carbons (Fsp3) is 0.350. The first-order valence-electron chi connectivity index (χ1n) is 8.52. The van der Waals surface area contributed by atoms with Gasteiger partial charge in [-0.15, -0.1) is 0 Å². The molecule has 0 saturated heterocycles. The Hall–Kier alpha value is -2.01. The summed E-state index contributed by atoms with van der Waals surface area (Å²) in [5.74, 6) is 1.27. The summed E-state index contributed by atoms with van der Waals surface area (Å²) in [7, 11) is 0. The molecule has 0 bridgehead atoms. The summed E-state index contributed by atoms with van der Waals surface area (Å²) in [6.45, 7) is 7.05. The third-order valence-electron chi connectivity index (χ3n) is 4.25. The Bertz CT molecular complexity index is 804. The Morgan fingerprint density at radius 1 is 1.12 bits per heavy atom. The minimum absolute atomic E-state index is 0.0450. The quantitative estimate of drug-likeness (QED) is 0.750. The monoisotopic (exact) mass is 403 g/mol. The van der Waals surface area contributed by atoms with Crippen molar-refractivity contribution >= 4 is 27.5 Å². The molecule has 1 aliphatic rings. The Labute approximate surface area is 156 Å². The Morgan fingerprint density at radius 3 is 2.60 bits per heavy atom. The maximum Gasteiger partial charge on any atom is 0.232 e. The molecule has 4 nitrogen and oxygen atoms in total. The molecule has 5 heteroatoms. The van der Waals surface area contributed by atoms with Gasteiger partial charge in [0.15, 0.2) is 11.5 Å². The first-order valence-corrected chi connectivity index (χ1v) is 9.32. The number of halogens is 1. The molecule has 0 radical (unpaired) electrons. The summed E-state index contributed by atoms with van der Waals surface area (Å²) in [5.41, 5.74) is 4.17. The van der Waals surface area contributed by atoms with E-state index in [1.165, 1.54) is 0 Å². The molecule has 0 aromatic heterocycles. The summed E-state index contributed by atoms with van der Waals surface area (Å²) in [5, 5.41) is 2.97. The normalized spacial score (nSPS) is 15.7. The van der Waals surface area contributed by atoms with Crippen LogP contribution in [0.4, 0.5) is 5.69 Å². The van der Waals surface area contributed by atoms with Crippen molar-refractivity contribution in [2.24, 2.45) is 0 Å². The van der Waals surface area contributed by atoms with Crippen LogP contribution in [0, 0.1) is 6.92 Å². The molecule has 1 N–H and O–H groups in total. The molecule has 0 saturated carbocycles. The Morgan fingerprint density at radius 2 is 1.88 bits per heavy atom. The van der Waals surface area contributed by atoms with Gasteiger partial charge in [-0.1, -0.05) is 17.7 Å². The van der Waals surface area contributed by atoms with E-state index in [0.29, 0.717) is 31.1 Å². The van der Waals surface area contributed by atoms with Crippen molar-refractivity contribution in [2.75, 3.05) is 18.5 Å². The Balaban J connectivity index is 1.93. The number of carbonyl (C=O) groups is 1. The lowest BCUT2D eigenvalue weighted by atomic mass is 9.92. The fourth-order valence-electron chi connectivity index (χ4n) is 3.17. The van der Waals surface area contributed by atoms with Crippen molar-refractivity contribution in [2.45, 2.75) is 33.1 Å². The molecule has 0 unspecified atom stereocenters. The van der Waals surface area contributed by atoms with Gasteiger partial charge in [0, 0.05) is 5.69 Å². The van der Waals surface area contributed by atoms with Crippen LogP contribution in [0.1, 0.15) is 36.5 Å². The van der Waals surface area contributed by atoms with Crippen molar-refractivity contribution in [1.29, 1.82) is 0 Å². The van der Waals surface area contributed by atoms with E-state index in [2.05, 4.69) is 27.3 Å². The number of benzene rings is 2. The molecule has 1 aliphatic heterocycles. The standard InChI is InChI=1S/C20H22BrNO3/c1-4-24-18-11-13(10-16(21)19(18)25-5-2)9-15-14-8-12(3)6-7-17(14)22-20(15)23/h6-8,10-11,15H,4-5,9H2,1-3H3,(H,22,23)/t15-/m1/s1. The predicted octanol–water partition coefficient (Wildman–Crippen LogP) is 4.83. The van der Waals surface area contributed by atoms with Gasteiger partial charge in [0.25, 0.3) is 0 Å².